The van der Waals surface area contributed by atoms with Crippen molar-refractivity contribution in [2.45, 2.75) is 0 Å². The number of aromatic nitrogens is 1. The van der Waals surface area contributed by atoms with E-state index in [2.05, 4.69) is 77.4 Å². The summed E-state index contributed by atoms with van der Waals surface area (Å²) >= 11 is 0. The van der Waals surface area contributed by atoms with Crippen molar-refractivity contribution in [1.82, 2.24) is 4.57 Å². The molecule has 30 heavy (non-hydrogen) atoms. The average molecular weight is 387 g/mol. The van der Waals surface area contributed by atoms with E-state index in [4.69, 9.17) is 0 Å². The van der Waals surface area contributed by atoms with E-state index < -0.39 is 7.12 Å². The van der Waals surface area contributed by atoms with Gasteiger partial charge >= 0.3 is 7.12 Å². The van der Waals surface area contributed by atoms with Crippen LogP contribution in [0.15, 0.2) is 97.1 Å². The summed E-state index contributed by atoms with van der Waals surface area (Å²) in [6.45, 7) is 0. The maximum Gasteiger partial charge on any atom is 0.488 e. The zero-order chi connectivity index (χ0) is 20.2. The number of rotatable bonds is 2. The normalized spacial score (nSPS) is 11.7. The quantitative estimate of drug-likeness (QED) is 0.421. The van der Waals surface area contributed by atoms with Gasteiger partial charge in [-0.1, -0.05) is 66.7 Å². The lowest BCUT2D eigenvalue weighted by Crippen LogP contribution is -2.29. The molecule has 5 aromatic carbocycles. The van der Waals surface area contributed by atoms with Crippen LogP contribution in [0.4, 0.5) is 0 Å². The minimum atomic E-state index is -1.49. The maximum atomic E-state index is 9.72. The zero-order valence-electron chi connectivity index (χ0n) is 16.2. The lowest BCUT2D eigenvalue weighted by Gasteiger charge is -2.10. The van der Waals surface area contributed by atoms with E-state index in [1.165, 1.54) is 16.2 Å². The molecule has 0 amide bonds. The van der Waals surface area contributed by atoms with Crippen molar-refractivity contribution in [2.24, 2.45) is 0 Å². The van der Waals surface area contributed by atoms with Crippen molar-refractivity contribution >= 4 is 55.9 Å². The van der Waals surface area contributed by atoms with Crippen molar-refractivity contribution in [3.8, 4) is 5.69 Å². The molecule has 0 saturated heterocycles. The molecule has 2 N–H and O–H groups in total. The van der Waals surface area contributed by atoms with Crippen molar-refractivity contribution in [2.75, 3.05) is 0 Å². The molecule has 0 spiro atoms. The lowest BCUT2D eigenvalue weighted by molar-refractivity contribution is 0.426. The highest BCUT2D eigenvalue weighted by Gasteiger charge is 2.17. The molecule has 0 aliphatic rings. The van der Waals surface area contributed by atoms with Crippen molar-refractivity contribution in [3.63, 3.8) is 0 Å². The summed E-state index contributed by atoms with van der Waals surface area (Å²) in [5.74, 6) is 0. The Kier molecular flexibility index (Phi) is 3.72. The second-order valence-electron chi connectivity index (χ2n) is 7.73. The van der Waals surface area contributed by atoms with Gasteiger partial charge in [-0.3, -0.25) is 0 Å². The number of fused-ring (bicyclic) bond motifs is 5. The first-order valence-electron chi connectivity index (χ1n) is 10.0. The number of hydrogen-bond acceptors (Lipinski definition) is 2. The predicted molar refractivity (Wildman–Crippen MR) is 126 cm³/mol. The van der Waals surface area contributed by atoms with E-state index in [0.29, 0.717) is 5.46 Å². The van der Waals surface area contributed by atoms with E-state index in [0.717, 1.165) is 32.9 Å². The molecule has 0 atom stereocenters. The highest BCUT2D eigenvalue weighted by atomic mass is 16.4. The SMILES string of the molecule is OB(O)c1ccc2c(c1)c1cc3ccccc3cc1n2-c1ccc2ccccc2c1. The fraction of sp³-hybridized carbons (Fsp3) is 0. The van der Waals surface area contributed by atoms with Crippen LogP contribution >= 0.6 is 0 Å². The van der Waals surface area contributed by atoms with Gasteiger partial charge in [0, 0.05) is 16.5 Å². The monoisotopic (exact) mass is 387 g/mol. The van der Waals surface area contributed by atoms with Crippen molar-refractivity contribution in [3.05, 3.63) is 97.1 Å². The molecule has 0 aliphatic carbocycles. The standard InChI is InChI=1S/C26H18BNO2/c29-27(30)21-10-12-25-24(16-21)23-14-19-7-3-4-8-20(19)15-26(23)28(25)22-11-9-17-5-1-2-6-18(17)13-22/h1-16,29-30H. The Morgan fingerprint density at radius 1 is 0.533 bits per heavy atom. The summed E-state index contributed by atoms with van der Waals surface area (Å²) in [4.78, 5) is 0. The lowest BCUT2D eigenvalue weighted by atomic mass is 9.80. The third-order valence-corrected chi connectivity index (χ3v) is 5.95. The van der Waals surface area contributed by atoms with Gasteiger partial charge < -0.3 is 14.6 Å². The van der Waals surface area contributed by atoms with Crippen molar-refractivity contribution in [1.29, 1.82) is 0 Å². The molecule has 1 heterocycles. The van der Waals surface area contributed by atoms with Gasteiger partial charge in [0.05, 0.1) is 11.0 Å². The second-order valence-corrected chi connectivity index (χ2v) is 7.73. The van der Waals surface area contributed by atoms with Crippen LogP contribution in [0, 0.1) is 0 Å². The third kappa shape index (κ3) is 2.55. The predicted octanol–water partition coefficient (Wildman–Crippen LogP) is 4.77. The Bertz CT molecular complexity index is 1580. The Balaban J connectivity index is 1.76. The summed E-state index contributed by atoms with van der Waals surface area (Å²) < 4.78 is 2.26. The summed E-state index contributed by atoms with van der Waals surface area (Å²) in [5.41, 5.74) is 3.72. The Morgan fingerprint density at radius 3 is 1.90 bits per heavy atom. The molecule has 4 heteroatoms. The molecule has 0 unspecified atom stereocenters. The largest absolute Gasteiger partial charge is 0.488 e. The molecule has 142 valence electrons. The first-order chi connectivity index (χ1) is 14.7. The van der Waals surface area contributed by atoms with Gasteiger partial charge in [0.25, 0.3) is 0 Å². The van der Waals surface area contributed by atoms with Gasteiger partial charge in [0.1, 0.15) is 0 Å². The zero-order valence-corrected chi connectivity index (χ0v) is 16.2. The minimum Gasteiger partial charge on any atom is -0.423 e. The first-order valence-corrected chi connectivity index (χ1v) is 10.0. The molecule has 0 radical (unpaired) electrons. The molecular weight excluding hydrogens is 369 g/mol. The number of hydrogen-bond donors (Lipinski definition) is 2. The molecule has 0 saturated carbocycles. The summed E-state index contributed by atoms with van der Waals surface area (Å²) in [7, 11) is -1.49. The highest BCUT2D eigenvalue weighted by Crippen LogP contribution is 2.35. The van der Waals surface area contributed by atoms with E-state index in [-0.39, 0.29) is 0 Å². The van der Waals surface area contributed by atoms with Crippen molar-refractivity contribution < 1.29 is 10.0 Å². The first kappa shape index (κ1) is 17.3. The fourth-order valence-corrected chi connectivity index (χ4v) is 4.48. The summed E-state index contributed by atoms with van der Waals surface area (Å²) in [6, 6.07) is 33.2. The van der Waals surface area contributed by atoms with Crippen LogP contribution < -0.4 is 5.46 Å². The molecule has 3 nitrogen and oxygen atoms in total. The Morgan fingerprint density at radius 2 is 1.17 bits per heavy atom. The van der Waals surface area contributed by atoms with Gasteiger partial charge in [-0.15, -0.1) is 0 Å². The molecule has 0 fully saturated rings. The Labute approximate surface area is 173 Å². The smallest absolute Gasteiger partial charge is 0.423 e. The second kappa shape index (κ2) is 6.46. The van der Waals surface area contributed by atoms with Gasteiger partial charge in [0.15, 0.2) is 0 Å². The molecule has 6 rings (SSSR count). The number of benzene rings is 5. The average Bonchev–Trinajstić information content (AvgIpc) is 3.09. The van der Waals surface area contributed by atoms with E-state index in [1.54, 1.807) is 6.07 Å². The molecule has 0 bridgehead atoms. The van der Waals surface area contributed by atoms with Gasteiger partial charge in [-0.2, -0.15) is 0 Å². The fourth-order valence-electron chi connectivity index (χ4n) is 4.48. The summed E-state index contributed by atoms with van der Waals surface area (Å²) in [5, 5.41) is 26.3. The van der Waals surface area contributed by atoms with Crippen LogP contribution in [0.3, 0.4) is 0 Å². The van der Waals surface area contributed by atoms with Gasteiger partial charge in [0.2, 0.25) is 0 Å². The minimum absolute atomic E-state index is 0.494. The van der Waals surface area contributed by atoms with E-state index in [1.807, 2.05) is 18.2 Å². The van der Waals surface area contributed by atoms with Crippen LogP contribution in [0.5, 0.6) is 0 Å². The maximum absolute atomic E-state index is 9.72. The number of nitrogens with zero attached hydrogens (tertiary/aromatic N) is 1. The van der Waals surface area contributed by atoms with E-state index >= 15 is 0 Å². The van der Waals surface area contributed by atoms with Crippen LogP contribution in [-0.4, -0.2) is 21.7 Å². The summed E-state index contributed by atoms with van der Waals surface area (Å²) in [6.07, 6.45) is 0. The molecular formula is C26H18BNO2. The Hall–Kier alpha value is -3.60. The highest BCUT2D eigenvalue weighted by molar-refractivity contribution is 6.59. The van der Waals surface area contributed by atoms with Gasteiger partial charge in [-0.25, -0.2) is 0 Å². The molecule has 0 aliphatic heterocycles. The molecule has 1 aromatic heterocycles. The van der Waals surface area contributed by atoms with Crippen LogP contribution in [0.2, 0.25) is 0 Å². The third-order valence-electron chi connectivity index (χ3n) is 5.95. The van der Waals surface area contributed by atoms with E-state index in [9.17, 15) is 10.0 Å². The van der Waals surface area contributed by atoms with Crippen LogP contribution in [-0.2, 0) is 0 Å². The van der Waals surface area contributed by atoms with Crippen LogP contribution in [0.25, 0.3) is 49.0 Å². The van der Waals surface area contributed by atoms with Gasteiger partial charge in [-0.05, 0) is 57.3 Å². The van der Waals surface area contributed by atoms with Crippen LogP contribution in [0.1, 0.15) is 0 Å². The topological polar surface area (TPSA) is 45.4 Å². The molecule has 6 aromatic rings.